The lowest BCUT2D eigenvalue weighted by atomic mass is 9.86. The van der Waals surface area contributed by atoms with Gasteiger partial charge in [-0.1, -0.05) is 25.3 Å². The molecule has 1 aromatic heterocycles. The number of nitrogens with zero attached hydrogens (tertiary/aromatic N) is 1. The quantitative estimate of drug-likeness (QED) is 0.825. The molecule has 2 aromatic rings. The zero-order valence-corrected chi connectivity index (χ0v) is 12.7. The highest BCUT2D eigenvalue weighted by Gasteiger charge is 2.21. The number of fused-ring (bicyclic) bond motifs is 1. The van der Waals surface area contributed by atoms with Crippen LogP contribution in [0.15, 0.2) is 30.5 Å². The van der Waals surface area contributed by atoms with Crippen LogP contribution in [-0.2, 0) is 11.3 Å². The Morgan fingerprint density at radius 1 is 1.24 bits per heavy atom. The van der Waals surface area contributed by atoms with Gasteiger partial charge in [0, 0.05) is 17.5 Å². The van der Waals surface area contributed by atoms with Crippen molar-refractivity contribution in [2.75, 3.05) is 6.61 Å². The molecule has 1 fully saturated rings. The van der Waals surface area contributed by atoms with E-state index in [4.69, 9.17) is 4.74 Å². The van der Waals surface area contributed by atoms with Gasteiger partial charge in [0.15, 0.2) is 5.78 Å². The molecule has 21 heavy (non-hydrogen) atoms. The van der Waals surface area contributed by atoms with Crippen molar-refractivity contribution < 1.29 is 9.53 Å². The standard InChI is InChI=1S/C18H23NO2/c1-2-21-18-10-6-9-16-15(18)11-12-19(16)13-17(20)14-7-4-3-5-8-14/h6,9-12,14H,2-5,7-8,13H2,1H3. The summed E-state index contributed by atoms with van der Waals surface area (Å²) in [6.07, 6.45) is 7.85. The fourth-order valence-electron chi connectivity index (χ4n) is 3.34. The molecular formula is C18H23NO2. The van der Waals surface area contributed by atoms with Gasteiger partial charge in [0.1, 0.15) is 5.75 Å². The molecule has 0 saturated heterocycles. The van der Waals surface area contributed by atoms with Crippen molar-refractivity contribution in [1.82, 2.24) is 4.57 Å². The molecule has 0 aliphatic heterocycles. The highest BCUT2D eigenvalue weighted by Crippen LogP contribution is 2.28. The van der Waals surface area contributed by atoms with Crippen LogP contribution >= 0.6 is 0 Å². The summed E-state index contributed by atoms with van der Waals surface area (Å²) in [7, 11) is 0. The Balaban J connectivity index is 1.81. The van der Waals surface area contributed by atoms with Crippen LogP contribution in [0.5, 0.6) is 5.75 Å². The molecule has 1 aromatic carbocycles. The molecule has 1 aliphatic carbocycles. The lowest BCUT2D eigenvalue weighted by Crippen LogP contribution is -2.22. The van der Waals surface area contributed by atoms with Crippen LogP contribution in [0, 0.1) is 5.92 Å². The Kier molecular flexibility index (Phi) is 4.28. The number of benzene rings is 1. The molecule has 1 saturated carbocycles. The number of Topliss-reactive ketones (excluding diaryl/α,β-unsaturated/α-hetero) is 1. The fraction of sp³-hybridized carbons (Fsp3) is 0.500. The Labute approximate surface area is 125 Å². The van der Waals surface area contributed by atoms with Crippen LogP contribution in [0.1, 0.15) is 39.0 Å². The first-order chi connectivity index (χ1) is 10.3. The Bertz CT molecular complexity index is 623. The van der Waals surface area contributed by atoms with Gasteiger partial charge in [0.25, 0.3) is 0 Å². The summed E-state index contributed by atoms with van der Waals surface area (Å²) in [6, 6.07) is 8.09. The first-order valence-corrected chi connectivity index (χ1v) is 8.03. The molecule has 0 radical (unpaired) electrons. The third kappa shape index (κ3) is 2.97. The normalized spacial score (nSPS) is 16.2. The highest BCUT2D eigenvalue weighted by atomic mass is 16.5. The van der Waals surface area contributed by atoms with E-state index < -0.39 is 0 Å². The van der Waals surface area contributed by atoms with E-state index in [9.17, 15) is 4.79 Å². The second kappa shape index (κ2) is 6.33. The summed E-state index contributed by atoms with van der Waals surface area (Å²) in [6.45, 7) is 3.14. The predicted octanol–water partition coefficient (Wildman–Crippen LogP) is 4.19. The van der Waals surface area contributed by atoms with Gasteiger partial charge in [-0.3, -0.25) is 4.79 Å². The number of carbonyl (C=O) groups is 1. The van der Waals surface area contributed by atoms with Crippen molar-refractivity contribution in [3.05, 3.63) is 30.5 Å². The van der Waals surface area contributed by atoms with Gasteiger partial charge in [-0.25, -0.2) is 0 Å². The number of rotatable bonds is 5. The molecule has 3 heteroatoms. The van der Waals surface area contributed by atoms with Crippen molar-refractivity contribution in [1.29, 1.82) is 0 Å². The highest BCUT2D eigenvalue weighted by molar-refractivity contribution is 5.89. The zero-order chi connectivity index (χ0) is 14.7. The molecule has 1 aliphatic rings. The van der Waals surface area contributed by atoms with Crippen LogP contribution in [-0.4, -0.2) is 17.0 Å². The van der Waals surface area contributed by atoms with Gasteiger partial charge < -0.3 is 9.30 Å². The van der Waals surface area contributed by atoms with Crippen LogP contribution in [0.3, 0.4) is 0 Å². The van der Waals surface area contributed by atoms with E-state index in [0.29, 0.717) is 18.9 Å². The summed E-state index contributed by atoms with van der Waals surface area (Å²) in [4.78, 5) is 12.5. The predicted molar refractivity (Wildman–Crippen MR) is 84.7 cm³/mol. The second-order valence-corrected chi connectivity index (χ2v) is 5.87. The summed E-state index contributed by atoms with van der Waals surface area (Å²) in [5.41, 5.74) is 1.09. The monoisotopic (exact) mass is 285 g/mol. The minimum Gasteiger partial charge on any atom is -0.493 e. The molecule has 112 valence electrons. The molecule has 1 heterocycles. The van der Waals surface area contributed by atoms with E-state index in [-0.39, 0.29) is 5.92 Å². The minimum atomic E-state index is 0.270. The summed E-state index contributed by atoms with van der Waals surface area (Å²) < 4.78 is 7.72. The summed E-state index contributed by atoms with van der Waals surface area (Å²) in [5.74, 6) is 1.55. The largest absolute Gasteiger partial charge is 0.493 e. The van der Waals surface area contributed by atoms with Crippen LogP contribution in [0.25, 0.3) is 10.9 Å². The van der Waals surface area contributed by atoms with E-state index >= 15 is 0 Å². The van der Waals surface area contributed by atoms with E-state index in [0.717, 1.165) is 29.5 Å². The second-order valence-electron chi connectivity index (χ2n) is 5.87. The number of hydrogen-bond donors (Lipinski definition) is 0. The van der Waals surface area contributed by atoms with Crippen LogP contribution < -0.4 is 4.74 Å². The van der Waals surface area contributed by atoms with Crippen molar-refractivity contribution in [3.8, 4) is 5.75 Å². The summed E-state index contributed by atoms with van der Waals surface area (Å²) >= 11 is 0. The van der Waals surface area contributed by atoms with Gasteiger partial charge >= 0.3 is 0 Å². The van der Waals surface area contributed by atoms with Crippen molar-refractivity contribution in [2.45, 2.75) is 45.6 Å². The zero-order valence-electron chi connectivity index (χ0n) is 12.7. The van der Waals surface area contributed by atoms with E-state index in [1.807, 2.05) is 25.3 Å². The maximum Gasteiger partial charge on any atom is 0.155 e. The minimum absolute atomic E-state index is 0.270. The topological polar surface area (TPSA) is 31.2 Å². The Morgan fingerprint density at radius 2 is 2.05 bits per heavy atom. The summed E-state index contributed by atoms with van der Waals surface area (Å²) in [5, 5.41) is 1.09. The van der Waals surface area contributed by atoms with Gasteiger partial charge in [-0.15, -0.1) is 0 Å². The van der Waals surface area contributed by atoms with E-state index in [1.165, 1.54) is 19.3 Å². The third-order valence-electron chi connectivity index (χ3n) is 4.46. The van der Waals surface area contributed by atoms with Crippen LogP contribution in [0.2, 0.25) is 0 Å². The van der Waals surface area contributed by atoms with Gasteiger partial charge in [-0.05, 0) is 38.0 Å². The number of ether oxygens (including phenoxy) is 1. The molecule has 0 atom stereocenters. The van der Waals surface area contributed by atoms with Crippen LogP contribution in [0.4, 0.5) is 0 Å². The molecule has 0 amide bonds. The molecule has 0 unspecified atom stereocenters. The third-order valence-corrected chi connectivity index (χ3v) is 4.46. The van der Waals surface area contributed by atoms with E-state index in [1.54, 1.807) is 0 Å². The first-order valence-electron chi connectivity index (χ1n) is 8.03. The lowest BCUT2D eigenvalue weighted by Gasteiger charge is -2.20. The Morgan fingerprint density at radius 3 is 2.81 bits per heavy atom. The smallest absolute Gasteiger partial charge is 0.155 e. The van der Waals surface area contributed by atoms with Crippen molar-refractivity contribution in [3.63, 3.8) is 0 Å². The maximum absolute atomic E-state index is 12.5. The number of aromatic nitrogens is 1. The number of carbonyl (C=O) groups excluding carboxylic acids is 1. The number of ketones is 1. The molecule has 0 bridgehead atoms. The van der Waals surface area contributed by atoms with Crippen molar-refractivity contribution >= 4 is 16.7 Å². The SMILES string of the molecule is CCOc1cccc2c1ccn2CC(=O)C1CCCCC1. The van der Waals surface area contributed by atoms with Gasteiger partial charge in [-0.2, -0.15) is 0 Å². The first kappa shape index (κ1) is 14.2. The maximum atomic E-state index is 12.5. The lowest BCUT2D eigenvalue weighted by molar-refractivity contribution is -0.124. The van der Waals surface area contributed by atoms with Crippen molar-refractivity contribution in [2.24, 2.45) is 5.92 Å². The molecule has 3 nitrogen and oxygen atoms in total. The Hall–Kier alpha value is -1.77. The number of hydrogen-bond acceptors (Lipinski definition) is 2. The average molecular weight is 285 g/mol. The van der Waals surface area contributed by atoms with E-state index in [2.05, 4.69) is 16.7 Å². The van der Waals surface area contributed by atoms with Gasteiger partial charge in [0.2, 0.25) is 0 Å². The van der Waals surface area contributed by atoms with Gasteiger partial charge in [0.05, 0.1) is 18.7 Å². The average Bonchev–Trinajstić information content (AvgIpc) is 2.93. The molecule has 0 N–H and O–H groups in total. The molecule has 0 spiro atoms. The molecular weight excluding hydrogens is 262 g/mol. The fourth-order valence-corrected chi connectivity index (χ4v) is 3.34. The molecule has 3 rings (SSSR count).